The maximum absolute atomic E-state index is 13.9. The van der Waals surface area contributed by atoms with Crippen LogP contribution in [-0.4, -0.2) is 72.8 Å². The highest BCUT2D eigenvalue weighted by Crippen LogP contribution is 2.59. The predicted molar refractivity (Wildman–Crippen MR) is 90.8 cm³/mol. The molecule has 0 saturated carbocycles. The smallest absolute Gasteiger partial charge is 0.356 e. The van der Waals surface area contributed by atoms with Crippen LogP contribution in [0.5, 0.6) is 0 Å². The molecule has 0 unspecified atom stereocenters. The molecular weight excluding hydrogens is 457 g/mol. The van der Waals surface area contributed by atoms with Gasteiger partial charge in [0.25, 0.3) is 0 Å². The van der Waals surface area contributed by atoms with Gasteiger partial charge in [-0.3, -0.25) is 0 Å². The van der Waals surface area contributed by atoms with Gasteiger partial charge < -0.3 is 15.1 Å². The Morgan fingerprint density at radius 2 is 1.00 bits per heavy atom. The van der Waals surface area contributed by atoms with Gasteiger partial charge >= 0.3 is 23.7 Å². The molecule has 1 saturated heterocycles. The van der Waals surface area contributed by atoms with E-state index in [9.17, 15) is 35.1 Å². The molecule has 1 fully saturated rings. The largest absolute Gasteiger partial charge is 0.369 e. The third-order valence-electron chi connectivity index (χ3n) is 5.18. The van der Waals surface area contributed by atoms with Crippen LogP contribution >= 0.6 is 23.2 Å². The molecule has 1 heterocycles. The van der Waals surface area contributed by atoms with Gasteiger partial charge in [0, 0.05) is 32.7 Å². The molecule has 0 aromatic rings. The number of rotatable bonds is 2. The molecule has 166 valence electrons. The van der Waals surface area contributed by atoms with E-state index < -0.39 is 45.1 Å². The fourth-order valence-electron chi connectivity index (χ4n) is 3.55. The first-order chi connectivity index (χ1) is 13.3. The highest BCUT2D eigenvalue weighted by atomic mass is 35.5. The van der Waals surface area contributed by atoms with Crippen molar-refractivity contribution in [2.24, 2.45) is 0 Å². The third kappa shape index (κ3) is 3.27. The van der Waals surface area contributed by atoms with E-state index in [1.54, 1.807) is 0 Å². The fourth-order valence-corrected chi connectivity index (χ4v) is 4.27. The summed E-state index contributed by atoms with van der Waals surface area (Å²) in [6.07, 6.45) is 0.262. The van der Waals surface area contributed by atoms with Crippen LogP contribution in [0.4, 0.5) is 35.1 Å². The molecule has 29 heavy (non-hydrogen) atoms. The van der Waals surface area contributed by atoms with Crippen LogP contribution in [0.15, 0.2) is 21.5 Å². The normalized spacial score (nSPS) is 29.2. The van der Waals surface area contributed by atoms with Crippen LogP contribution in [0.3, 0.4) is 0 Å². The van der Waals surface area contributed by atoms with Gasteiger partial charge in [-0.15, -0.1) is 0 Å². The van der Waals surface area contributed by atoms with Crippen molar-refractivity contribution in [2.75, 3.05) is 39.3 Å². The van der Waals surface area contributed by atoms with Crippen molar-refractivity contribution in [2.45, 2.75) is 36.5 Å². The van der Waals surface area contributed by atoms with Crippen molar-refractivity contribution < 1.29 is 35.1 Å². The van der Waals surface area contributed by atoms with E-state index in [1.807, 2.05) is 0 Å². The topological polar surface area (TPSA) is 18.5 Å². The molecule has 13 heteroatoms. The van der Waals surface area contributed by atoms with Crippen molar-refractivity contribution in [1.82, 2.24) is 15.1 Å². The Morgan fingerprint density at radius 1 is 0.586 bits per heavy atom. The molecule has 0 spiro atoms. The Labute approximate surface area is 171 Å². The average molecular weight is 474 g/mol. The first kappa shape index (κ1) is 22.7. The molecule has 0 radical (unpaired) electrons. The van der Waals surface area contributed by atoms with Gasteiger partial charge in [-0.25, -0.2) is 0 Å². The zero-order valence-corrected chi connectivity index (χ0v) is 16.3. The zero-order valence-electron chi connectivity index (χ0n) is 14.8. The van der Waals surface area contributed by atoms with Crippen molar-refractivity contribution in [1.29, 1.82) is 0 Å². The molecular formula is C16H17Cl2F8N3. The lowest BCUT2D eigenvalue weighted by molar-refractivity contribution is -0.200. The number of alkyl halides is 8. The number of allylic oxidation sites excluding steroid dienone is 4. The van der Waals surface area contributed by atoms with Crippen molar-refractivity contribution in [3.8, 4) is 0 Å². The van der Waals surface area contributed by atoms with E-state index in [-0.39, 0.29) is 45.7 Å². The van der Waals surface area contributed by atoms with Gasteiger partial charge in [0.05, 0.1) is 0 Å². The quantitative estimate of drug-likeness (QED) is 0.598. The Kier molecular flexibility index (Phi) is 5.75. The second kappa shape index (κ2) is 7.33. The summed E-state index contributed by atoms with van der Waals surface area (Å²) < 4.78 is 109. The lowest BCUT2D eigenvalue weighted by atomic mass is 9.92. The summed E-state index contributed by atoms with van der Waals surface area (Å²) in [7, 11) is 0. The van der Waals surface area contributed by atoms with Gasteiger partial charge in [-0.1, -0.05) is 23.2 Å². The van der Waals surface area contributed by atoms with Gasteiger partial charge in [-0.2, -0.15) is 35.1 Å². The Bertz CT molecular complexity index is 678. The third-order valence-corrected chi connectivity index (χ3v) is 6.01. The molecule has 0 aromatic heterocycles. The van der Waals surface area contributed by atoms with E-state index in [0.717, 1.165) is 9.80 Å². The van der Waals surface area contributed by atoms with Crippen LogP contribution in [0.1, 0.15) is 12.8 Å². The van der Waals surface area contributed by atoms with Gasteiger partial charge in [0.1, 0.15) is 21.5 Å². The van der Waals surface area contributed by atoms with Gasteiger partial charge in [0.15, 0.2) is 0 Å². The molecule has 1 N–H and O–H groups in total. The number of hydrogen-bond acceptors (Lipinski definition) is 3. The van der Waals surface area contributed by atoms with Crippen molar-refractivity contribution in [3.63, 3.8) is 0 Å². The Morgan fingerprint density at radius 3 is 1.45 bits per heavy atom. The van der Waals surface area contributed by atoms with Gasteiger partial charge in [-0.05, 0) is 19.4 Å². The molecule has 2 aliphatic carbocycles. The van der Waals surface area contributed by atoms with Crippen LogP contribution < -0.4 is 5.32 Å². The first-order valence-electron chi connectivity index (χ1n) is 8.81. The lowest BCUT2D eigenvalue weighted by Crippen LogP contribution is -2.58. The Hall–Kier alpha value is -0.940. The van der Waals surface area contributed by atoms with E-state index >= 15 is 0 Å². The molecule has 3 nitrogen and oxygen atoms in total. The molecule has 3 aliphatic rings. The number of nitrogens with zero attached hydrogens (tertiary/aromatic N) is 2. The molecule has 0 atom stereocenters. The summed E-state index contributed by atoms with van der Waals surface area (Å²) in [6.45, 7) is -0.0385. The van der Waals surface area contributed by atoms with E-state index in [0.29, 0.717) is 6.42 Å². The van der Waals surface area contributed by atoms with Crippen molar-refractivity contribution >= 4 is 23.2 Å². The number of nitrogens with one attached hydrogen (secondary N) is 1. The zero-order chi connectivity index (χ0) is 21.8. The highest BCUT2D eigenvalue weighted by Gasteiger charge is 2.73. The summed E-state index contributed by atoms with van der Waals surface area (Å²) >= 11 is 10.8. The lowest BCUT2D eigenvalue weighted by Gasteiger charge is -2.45. The predicted octanol–water partition coefficient (Wildman–Crippen LogP) is 4.44. The van der Waals surface area contributed by atoms with Crippen LogP contribution in [0, 0.1) is 0 Å². The van der Waals surface area contributed by atoms with E-state index in [4.69, 9.17) is 23.2 Å². The highest BCUT2D eigenvalue weighted by molar-refractivity contribution is 6.32. The van der Waals surface area contributed by atoms with E-state index in [1.165, 1.54) is 0 Å². The second-order valence-corrected chi connectivity index (χ2v) is 7.81. The molecule has 3 rings (SSSR count). The minimum Gasteiger partial charge on any atom is -0.369 e. The summed E-state index contributed by atoms with van der Waals surface area (Å²) in [5, 5.41) is 0.360. The summed E-state index contributed by atoms with van der Waals surface area (Å²) in [6, 6.07) is 0. The summed E-state index contributed by atoms with van der Waals surface area (Å²) in [5.74, 6) is -17.8. The maximum Gasteiger partial charge on any atom is 0.356 e. The van der Waals surface area contributed by atoms with Gasteiger partial charge in [0.2, 0.25) is 0 Å². The van der Waals surface area contributed by atoms with Crippen LogP contribution in [0.2, 0.25) is 0 Å². The SMILES string of the molecule is FC1(F)C(Cl)=C(N2CCCNCCN(C3=C(Cl)C(F)(F)C3(F)F)CCC2)C1(F)F. The van der Waals surface area contributed by atoms with E-state index in [2.05, 4.69) is 5.32 Å². The first-order valence-corrected chi connectivity index (χ1v) is 9.56. The molecule has 0 bridgehead atoms. The average Bonchev–Trinajstić information content (AvgIpc) is 2.67. The fraction of sp³-hybridized carbons (Fsp3) is 0.750. The molecule has 0 amide bonds. The maximum atomic E-state index is 13.9. The molecule has 1 aliphatic heterocycles. The Balaban J connectivity index is 1.78. The standard InChI is InChI=1S/C16H17Cl2F8N3/c17-9-11(15(23,24)13(9,19)20)28-5-1-3-27-4-8-29(7-2-6-28)12-10(18)14(21,22)16(12,25)26/h27H,1-8H2. The van der Waals surface area contributed by atoms with Crippen LogP contribution in [0.25, 0.3) is 0 Å². The minimum absolute atomic E-state index is 0.0120. The second-order valence-electron chi connectivity index (χ2n) is 7.05. The summed E-state index contributed by atoms with van der Waals surface area (Å²) in [4.78, 5) is 1.97. The number of halogens is 10. The van der Waals surface area contributed by atoms with Crippen molar-refractivity contribution in [3.05, 3.63) is 21.5 Å². The summed E-state index contributed by atoms with van der Waals surface area (Å²) in [5.41, 5.74) is -2.00. The number of hydrogen-bond donors (Lipinski definition) is 1. The van der Waals surface area contributed by atoms with Crippen LogP contribution in [-0.2, 0) is 0 Å². The minimum atomic E-state index is -4.46. The monoisotopic (exact) mass is 473 g/mol. The molecule has 0 aromatic carbocycles.